The minimum atomic E-state index is -0.323. The fourth-order valence-electron chi connectivity index (χ4n) is 1.41. The summed E-state index contributed by atoms with van der Waals surface area (Å²) in [5.41, 5.74) is 0. The first kappa shape index (κ1) is 18.1. The van der Waals surface area contributed by atoms with E-state index >= 15 is 0 Å². The predicted molar refractivity (Wildman–Crippen MR) is 86.0 cm³/mol. The van der Waals surface area contributed by atoms with Crippen molar-refractivity contribution < 1.29 is 14.3 Å². The number of hydrogen-bond acceptors (Lipinski definition) is 4. The molecule has 21 heavy (non-hydrogen) atoms. The summed E-state index contributed by atoms with van der Waals surface area (Å²) in [6.07, 6.45) is 0.0145. The van der Waals surface area contributed by atoms with Gasteiger partial charge >= 0.3 is 5.97 Å². The number of halogens is 2. The quantitative estimate of drug-likeness (QED) is 0.604. The van der Waals surface area contributed by atoms with E-state index in [-0.39, 0.29) is 36.7 Å². The molecule has 0 heterocycles. The molecule has 1 aromatic rings. The zero-order valence-corrected chi connectivity index (χ0v) is 14.1. The van der Waals surface area contributed by atoms with Gasteiger partial charge in [-0.15, -0.1) is 11.8 Å². The van der Waals surface area contributed by atoms with Crippen molar-refractivity contribution in [2.24, 2.45) is 0 Å². The second kappa shape index (κ2) is 9.18. The number of rotatable bonds is 7. The maximum Gasteiger partial charge on any atom is 0.307 e. The van der Waals surface area contributed by atoms with Crippen molar-refractivity contribution in [2.75, 3.05) is 12.3 Å². The Hall–Kier alpha value is -0.910. The van der Waals surface area contributed by atoms with E-state index in [1.54, 1.807) is 32.0 Å². The lowest BCUT2D eigenvalue weighted by Gasteiger charge is -2.09. The number of hydrogen-bond donors (Lipinski definition) is 1. The van der Waals surface area contributed by atoms with Crippen LogP contribution in [0.25, 0.3) is 0 Å². The Balaban J connectivity index is 2.28. The summed E-state index contributed by atoms with van der Waals surface area (Å²) in [6, 6.07) is 5.09. The van der Waals surface area contributed by atoms with Gasteiger partial charge < -0.3 is 10.1 Å². The van der Waals surface area contributed by atoms with Gasteiger partial charge in [0.2, 0.25) is 5.91 Å². The fraction of sp³-hybridized carbons (Fsp3) is 0.429. The summed E-state index contributed by atoms with van der Waals surface area (Å²) >= 11 is 13.2. The highest BCUT2D eigenvalue weighted by atomic mass is 35.5. The molecule has 0 aliphatic heterocycles. The zero-order valence-electron chi connectivity index (χ0n) is 11.8. The molecule has 0 saturated heterocycles. The molecule has 0 radical (unpaired) electrons. The van der Waals surface area contributed by atoms with Crippen LogP contribution < -0.4 is 5.32 Å². The number of benzene rings is 1. The van der Waals surface area contributed by atoms with Gasteiger partial charge in [0.1, 0.15) is 0 Å². The van der Waals surface area contributed by atoms with Crippen molar-refractivity contribution in [2.45, 2.75) is 31.3 Å². The second-order valence-electron chi connectivity index (χ2n) is 4.50. The lowest BCUT2D eigenvalue weighted by Crippen LogP contribution is -2.28. The molecule has 7 heteroatoms. The highest BCUT2D eigenvalue weighted by Crippen LogP contribution is 2.29. The molecule has 0 atom stereocenters. The minimum Gasteiger partial charge on any atom is -0.463 e. The Labute approximate surface area is 138 Å². The molecule has 1 rings (SSSR count). The van der Waals surface area contributed by atoms with Gasteiger partial charge in [-0.1, -0.05) is 23.2 Å². The van der Waals surface area contributed by atoms with E-state index in [0.29, 0.717) is 10.0 Å². The Morgan fingerprint density at radius 2 is 2.05 bits per heavy atom. The van der Waals surface area contributed by atoms with Crippen LogP contribution in [0.1, 0.15) is 20.3 Å². The van der Waals surface area contributed by atoms with Gasteiger partial charge in [0, 0.05) is 16.5 Å². The molecule has 0 fully saturated rings. The molecule has 0 saturated carbocycles. The van der Waals surface area contributed by atoms with Gasteiger partial charge in [-0.25, -0.2) is 0 Å². The Kier molecular flexibility index (Phi) is 7.93. The normalized spacial score (nSPS) is 10.5. The minimum absolute atomic E-state index is 0.145. The summed E-state index contributed by atoms with van der Waals surface area (Å²) in [6.45, 7) is 3.82. The van der Waals surface area contributed by atoms with Gasteiger partial charge in [0.05, 0.1) is 23.3 Å². The van der Waals surface area contributed by atoms with Crippen LogP contribution in [0, 0.1) is 0 Å². The van der Waals surface area contributed by atoms with Crippen molar-refractivity contribution in [1.82, 2.24) is 5.32 Å². The molecule has 0 aliphatic carbocycles. The summed E-state index contributed by atoms with van der Waals surface area (Å²) < 4.78 is 4.96. The summed E-state index contributed by atoms with van der Waals surface area (Å²) in [5.74, 6) is -0.288. The molecule has 4 nitrogen and oxygen atoms in total. The van der Waals surface area contributed by atoms with Crippen LogP contribution >= 0.6 is 35.0 Å². The van der Waals surface area contributed by atoms with Crippen molar-refractivity contribution in [1.29, 1.82) is 0 Å². The van der Waals surface area contributed by atoms with E-state index in [2.05, 4.69) is 5.32 Å². The molecule has 1 aromatic carbocycles. The number of thioether (sulfide) groups is 1. The average Bonchev–Trinajstić information content (AvgIpc) is 2.39. The van der Waals surface area contributed by atoms with Crippen LogP contribution in [-0.4, -0.2) is 30.3 Å². The Bertz CT molecular complexity index is 509. The molecule has 116 valence electrons. The van der Waals surface area contributed by atoms with Gasteiger partial charge in [-0.2, -0.15) is 0 Å². The first-order valence-electron chi connectivity index (χ1n) is 6.42. The van der Waals surface area contributed by atoms with Crippen molar-refractivity contribution in [3.8, 4) is 0 Å². The largest absolute Gasteiger partial charge is 0.463 e. The zero-order chi connectivity index (χ0) is 15.8. The van der Waals surface area contributed by atoms with E-state index < -0.39 is 0 Å². The first-order chi connectivity index (χ1) is 9.88. The van der Waals surface area contributed by atoms with Gasteiger partial charge in [0.25, 0.3) is 0 Å². The third-order valence-corrected chi connectivity index (χ3v) is 4.00. The third kappa shape index (κ3) is 7.60. The summed E-state index contributed by atoms with van der Waals surface area (Å²) in [4.78, 5) is 23.7. The number of carbonyl (C=O) groups is 2. The number of carbonyl (C=O) groups excluding carboxylic acids is 2. The molecule has 1 N–H and O–H groups in total. The highest BCUT2D eigenvalue weighted by Gasteiger charge is 2.09. The van der Waals surface area contributed by atoms with E-state index in [0.717, 1.165) is 4.90 Å². The van der Waals surface area contributed by atoms with E-state index in [4.69, 9.17) is 27.9 Å². The molecule has 0 aromatic heterocycles. The van der Waals surface area contributed by atoms with Crippen molar-refractivity contribution in [3.05, 3.63) is 28.2 Å². The van der Waals surface area contributed by atoms with E-state index in [1.807, 2.05) is 0 Å². The molecule has 1 amide bonds. The molecule has 0 spiro atoms. The van der Waals surface area contributed by atoms with Crippen LogP contribution in [-0.2, 0) is 14.3 Å². The Morgan fingerprint density at radius 3 is 2.71 bits per heavy atom. The lowest BCUT2D eigenvalue weighted by molar-refractivity contribution is -0.147. The first-order valence-corrected chi connectivity index (χ1v) is 8.16. The number of amides is 1. The second-order valence-corrected chi connectivity index (χ2v) is 6.36. The van der Waals surface area contributed by atoms with Crippen LogP contribution in [0.5, 0.6) is 0 Å². The SMILES string of the molecule is CC(C)OC(=O)CCNC(=O)CSc1cc(Cl)ccc1Cl. The molecule has 0 aliphatic rings. The molecular weight excluding hydrogens is 333 g/mol. The predicted octanol–water partition coefficient (Wildman–Crippen LogP) is 3.54. The average molecular weight is 350 g/mol. The van der Waals surface area contributed by atoms with Crippen LogP contribution in [0.15, 0.2) is 23.1 Å². The van der Waals surface area contributed by atoms with Crippen LogP contribution in [0.3, 0.4) is 0 Å². The van der Waals surface area contributed by atoms with Crippen molar-refractivity contribution >= 4 is 46.8 Å². The summed E-state index contributed by atoms with van der Waals surface area (Å²) in [5, 5.41) is 3.78. The maximum atomic E-state index is 11.7. The lowest BCUT2D eigenvalue weighted by atomic mass is 10.4. The molecular formula is C14H17Cl2NO3S. The number of esters is 1. The van der Waals surface area contributed by atoms with Crippen LogP contribution in [0.4, 0.5) is 0 Å². The van der Waals surface area contributed by atoms with Gasteiger partial charge in [0.15, 0.2) is 0 Å². The fourth-order valence-corrected chi connectivity index (χ4v) is 2.73. The smallest absolute Gasteiger partial charge is 0.307 e. The highest BCUT2D eigenvalue weighted by molar-refractivity contribution is 8.00. The van der Waals surface area contributed by atoms with E-state index in [1.165, 1.54) is 11.8 Å². The Morgan fingerprint density at radius 1 is 1.33 bits per heavy atom. The van der Waals surface area contributed by atoms with Crippen molar-refractivity contribution in [3.63, 3.8) is 0 Å². The number of nitrogens with one attached hydrogen (secondary N) is 1. The standard InChI is InChI=1S/C14H17Cl2NO3S/c1-9(2)20-14(19)5-6-17-13(18)8-21-12-7-10(15)3-4-11(12)16/h3-4,7,9H,5-6,8H2,1-2H3,(H,17,18). The summed E-state index contributed by atoms with van der Waals surface area (Å²) in [7, 11) is 0. The van der Waals surface area contributed by atoms with Crippen LogP contribution in [0.2, 0.25) is 10.0 Å². The maximum absolute atomic E-state index is 11.7. The van der Waals surface area contributed by atoms with Gasteiger partial charge in [-0.05, 0) is 32.0 Å². The monoisotopic (exact) mass is 349 g/mol. The van der Waals surface area contributed by atoms with Gasteiger partial charge in [-0.3, -0.25) is 9.59 Å². The number of ether oxygens (including phenoxy) is 1. The third-order valence-electron chi connectivity index (χ3n) is 2.27. The topological polar surface area (TPSA) is 55.4 Å². The van der Waals surface area contributed by atoms with E-state index in [9.17, 15) is 9.59 Å². The molecule has 0 unspecified atom stereocenters. The molecule has 0 bridgehead atoms.